The average molecular weight is 316 g/mol. The fourth-order valence-corrected chi connectivity index (χ4v) is 2.42. The summed E-state index contributed by atoms with van der Waals surface area (Å²) in [6.07, 6.45) is 0. The highest BCUT2D eigenvalue weighted by Gasteiger charge is 2.25. The fourth-order valence-electron chi connectivity index (χ4n) is 2.42. The van der Waals surface area contributed by atoms with E-state index in [9.17, 15) is 9.59 Å². The number of carbonyl (C=O) groups excluding carboxylic acids is 2. The number of benzene rings is 1. The van der Waals surface area contributed by atoms with Crippen molar-refractivity contribution in [1.82, 2.24) is 0 Å². The predicted octanol–water partition coefficient (Wildman–Crippen LogP) is 2.03. The van der Waals surface area contributed by atoms with Crippen molar-refractivity contribution in [2.75, 3.05) is 31.0 Å². The quantitative estimate of drug-likeness (QED) is 0.869. The van der Waals surface area contributed by atoms with Gasteiger partial charge in [0.05, 0.1) is 38.7 Å². The van der Waals surface area contributed by atoms with Gasteiger partial charge in [-0.05, 0) is 24.3 Å². The Hall–Kier alpha value is -2.96. The van der Waals surface area contributed by atoms with Crippen LogP contribution in [0.5, 0.6) is 5.75 Å². The molecule has 120 valence electrons. The lowest BCUT2D eigenvalue weighted by Gasteiger charge is -2.29. The number of hydrogen-bond acceptors (Lipinski definition) is 6. The standard InChI is InChI=1S/C16H16N2O5/c1-21-10-3-5-13-12(7-10)17-8-15(19)18(13)9-11-4-6-14(23-11)16(20)22-2/h3-7,17H,8-9H2,1-2H3. The minimum Gasteiger partial charge on any atom is -0.497 e. The highest BCUT2D eigenvalue weighted by molar-refractivity contribution is 6.02. The largest absolute Gasteiger partial charge is 0.497 e. The Bertz CT molecular complexity index is 753. The molecule has 0 aliphatic carbocycles. The Kier molecular flexibility index (Phi) is 3.92. The number of methoxy groups -OCH3 is 2. The monoisotopic (exact) mass is 316 g/mol. The second-order valence-corrected chi connectivity index (χ2v) is 4.97. The third-order valence-corrected chi connectivity index (χ3v) is 3.59. The molecule has 1 N–H and O–H groups in total. The SMILES string of the molecule is COC(=O)c1ccc(CN2C(=O)CNc3cc(OC)ccc32)o1. The van der Waals surface area contributed by atoms with Crippen LogP contribution in [0.2, 0.25) is 0 Å². The van der Waals surface area contributed by atoms with Crippen LogP contribution in [0, 0.1) is 0 Å². The van der Waals surface area contributed by atoms with Gasteiger partial charge in [-0.25, -0.2) is 4.79 Å². The van der Waals surface area contributed by atoms with E-state index in [0.29, 0.717) is 11.5 Å². The lowest BCUT2D eigenvalue weighted by molar-refractivity contribution is -0.117. The van der Waals surface area contributed by atoms with Crippen molar-refractivity contribution < 1.29 is 23.5 Å². The van der Waals surface area contributed by atoms with Crippen LogP contribution in [0.4, 0.5) is 11.4 Å². The number of carbonyl (C=O) groups is 2. The third kappa shape index (κ3) is 2.85. The van der Waals surface area contributed by atoms with Crippen molar-refractivity contribution in [3.63, 3.8) is 0 Å². The lowest BCUT2D eigenvalue weighted by atomic mass is 10.1. The Morgan fingerprint density at radius 1 is 1.30 bits per heavy atom. The number of esters is 1. The first kappa shape index (κ1) is 15.0. The highest BCUT2D eigenvalue weighted by Crippen LogP contribution is 2.34. The molecule has 0 fully saturated rings. The molecule has 1 aromatic heterocycles. The van der Waals surface area contributed by atoms with Crippen molar-refractivity contribution in [2.45, 2.75) is 6.54 Å². The smallest absolute Gasteiger partial charge is 0.373 e. The molecule has 1 aromatic carbocycles. The number of ether oxygens (including phenoxy) is 2. The summed E-state index contributed by atoms with van der Waals surface area (Å²) < 4.78 is 15.2. The zero-order valence-electron chi connectivity index (χ0n) is 12.8. The molecule has 2 aromatic rings. The van der Waals surface area contributed by atoms with Crippen molar-refractivity contribution in [3.05, 3.63) is 41.9 Å². The molecule has 3 rings (SSSR count). The second-order valence-electron chi connectivity index (χ2n) is 4.97. The zero-order chi connectivity index (χ0) is 16.4. The van der Waals surface area contributed by atoms with Crippen molar-refractivity contribution >= 4 is 23.3 Å². The number of furan rings is 1. The summed E-state index contributed by atoms with van der Waals surface area (Å²) in [6.45, 7) is 0.418. The van der Waals surface area contributed by atoms with Gasteiger partial charge in [0.15, 0.2) is 0 Å². The molecule has 1 aliphatic heterocycles. The second kappa shape index (κ2) is 6.04. The van der Waals surface area contributed by atoms with Gasteiger partial charge in [-0.1, -0.05) is 0 Å². The van der Waals surface area contributed by atoms with E-state index in [1.165, 1.54) is 13.2 Å². The van der Waals surface area contributed by atoms with Crippen LogP contribution in [0.3, 0.4) is 0 Å². The summed E-state index contributed by atoms with van der Waals surface area (Å²) in [5.41, 5.74) is 1.54. The average Bonchev–Trinajstić information content (AvgIpc) is 3.05. The van der Waals surface area contributed by atoms with Gasteiger partial charge < -0.3 is 24.1 Å². The molecule has 0 spiro atoms. The molecule has 7 heteroatoms. The van der Waals surface area contributed by atoms with Gasteiger partial charge in [0.2, 0.25) is 11.7 Å². The number of amides is 1. The molecule has 0 bridgehead atoms. The van der Waals surface area contributed by atoms with E-state index in [1.54, 1.807) is 24.1 Å². The first-order valence-corrected chi connectivity index (χ1v) is 7.01. The number of nitrogens with zero attached hydrogens (tertiary/aromatic N) is 1. The Balaban J connectivity index is 1.86. The maximum absolute atomic E-state index is 12.2. The number of rotatable bonds is 4. The molecular formula is C16H16N2O5. The van der Waals surface area contributed by atoms with Gasteiger partial charge in [-0.2, -0.15) is 0 Å². The van der Waals surface area contributed by atoms with E-state index < -0.39 is 5.97 Å². The number of hydrogen-bond donors (Lipinski definition) is 1. The summed E-state index contributed by atoms with van der Waals surface area (Å²) >= 11 is 0. The van der Waals surface area contributed by atoms with Gasteiger partial charge in [0.1, 0.15) is 11.5 Å². The third-order valence-electron chi connectivity index (χ3n) is 3.59. The van der Waals surface area contributed by atoms with Crippen LogP contribution >= 0.6 is 0 Å². The van der Waals surface area contributed by atoms with Crippen LogP contribution in [-0.4, -0.2) is 32.6 Å². The molecule has 1 aliphatic rings. The maximum atomic E-state index is 12.2. The predicted molar refractivity (Wildman–Crippen MR) is 82.7 cm³/mol. The van der Waals surface area contributed by atoms with Gasteiger partial charge >= 0.3 is 5.97 Å². The normalized spacial score (nSPS) is 13.3. The fraction of sp³-hybridized carbons (Fsp3) is 0.250. The van der Waals surface area contributed by atoms with E-state index in [-0.39, 0.29) is 24.8 Å². The summed E-state index contributed by atoms with van der Waals surface area (Å²) in [5.74, 6) is 0.686. The van der Waals surface area contributed by atoms with E-state index >= 15 is 0 Å². The molecular weight excluding hydrogens is 300 g/mol. The lowest BCUT2D eigenvalue weighted by Crippen LogP contribution is -2.39. The Morgan fingerprint density at radius 3 is 2.87 bits per heavy atom. The Labute approximate surface area is 132 Å². The van der Waals surface area contributed by atoms with Crippen LogP contribution in [0.25, 0.3) is 0 Å². The minimum absolute atomic E-state index is 0.0846. The number of nitrogens with one attached hydrogen (secondary N) is 1. The van der Waals surface area contributed by atoms with Gasteiger partial charge in [-0.3, -0.25) is 4.79 Å². The van der Waals surface area contributed by atoms with Gasteiger partial charge in [0, 0.05) is 6.07 Å². The van der Waals surface area contributed by atoms with E-state index in [0.717, 1.165) is 11.4 Å². The summed E-state index contributed by atoms with van der Waals surface area (Å²) in [5, 5.41) is 3.06. The number of anilines is 2. The summed E-state index contributed by atoms with van der Waals surface area (Å²) in [7, 11) is 2.87. The molecule has 1 amide bonds. The maximum Gasteiger partial charge on any atom is 0.373 e. The summed E-state index contributed by atoms with van der Waals surface area (Å²) in [6, 6.07) is 8.61. The van der Waals surface area contributed by atoms with Crippen molar-refractivity contribution in [2.24, 2.45) is 0 Å². The zero-order valence-corrected chi connectivity index (χ0v) is 12.8. The Morgan fingerprint density at radius 2 is 2.13 bits per heavy atom. The molecule has 23 heavy (non-hydrogen) atoms. The van der Waals surface area contributed by atoms with Crippen LogP contribution in [-0.2, 0) is 16.1 Å². The minimum atomic E-state index is -0.548. The van der Waals surface area contributed by atoms with Crippen molar-refractivity contribution in [1.29, 1.82) is 0 Å². The first-order valence-electron chi connectivity index (χ1n) is 7.01. The van der Waals surface area contributed by atoms with Crippen LogP contribution in [0.15, 0.2) is 34.7 Å². The van der Waals surface area contributed by atoms with E-state index in [1.807, 2.05) is 12.1 Å². The van der Waals surface area contributed by atoms with Gasteiger partial charge in [-0.15, -0.1) is 0 Å². The molecule has 0 radical (unpaired) electrons. The molecule has 2 heterocycles. The molecule has 0 atom stereocenters. The molecule has 0 unspecified atom stereocenters. The van der Waals surface area contributed by atoms with Crippen molar-refractivity contribution in [3.8, 4) is 5.75 Å². The molecule has 0 saturated carbocycles. The topological polar surface area (TPSA) is 81.0 Å². The highest BCUT2D eigenvalue weighted by atomic mass is 16.5. The first-order chi connectivity index (χ1) is 11.1. The van der Waals surface area contributed by atoms with Crippen LogP contribution in [0.1, 0.15) is 16.3 Å². The van der Waals surface area contributed by atoms with E-state index in [2.05, 4.69) is 10.1 Å². The molecule has 0 saturated heterocycles. The number of fused-ring (bicyclic) bond motifs is 1. The van der Waals surface area contributed by atoms with E-state index in [4.69, 9.17) is 9.15 Å². The van der Waals surface area contributed by atoms with Gasteiger partial charge in [0.25, 0.3) is 0 Å². The van der Waals surface area contributed by atoms with Crippen LogP contribution < -0.4 is 15.0 Å². The summed E-state index contributed by atoms with van der Waals surface area (Å²) in [4.78, 5) is 25.2. The molecule has 7 nitrogen and oxygen atoms in total.